The molecule has 8 nitrogen and oxygen atoms in total. The number of aryl methyl sites for hydroxylation is 1. The van der Waals surface area contributed by atoms with Gasteiger partial charge in [0.25, 0.3) is 5.91 Å². The van der Waals surface area contributed by atoms with E-state index < -0.39 is 0 Å². The molecule has 2 rings (SSSR count). The molecule has 2 aromatic rings. The molecule has 0 atom stereocenters. The lowest BCUT2D eigenvalue weighted by molar-refractivity contribution is -0.114. The van der Waals surface area contributed by atoms with Crippen molar-refractivity contribution in [2.45, 2.75) is 13.8 Å². The van der Waals surface area contributed by atoms with E-state index in [4.69, 9.17) is 4.74 Å². The van der Waals surface area contributed by atoms with E-state index in [0.717, 1.165) is 0 Å². The second kappa shape index (κ2) is 8.74. The zero-order valence-electron chi connectivity index (χ0n) is 14.4. The van der Waals surface area contributed by atoms with Gasteiger partial charge in [-0.1, -0.05) is 6.07 Å². The maximum Gasteiger partial charge on any atom is 0.274 e. The fourth-order valence-electron chi connectivity index (χ4n) is 2.13. The number of hydrogen-bond donors (Lipinski definition) is 3. The summed E-state index contributed by atoms with van der Waals surface area (Å²) in [6.07, 6.45) is 0. The largest absolute Gasteiger partial charge is 0.383 e. The highest BCUT2D eigenvalue weighted by atomic mass is 16.5. The number of amides is 2. The number of anilines is 3. The molecule has 0 saturated heterocycles. The van der Waals surface area contributed by atoms with Crippen LogP contribution in [0.5, 0.6) is 0 Å². The van der Waals surface area contributed by atoms with Crippen LogP contribution in [0.3, 0.4) is 0 Å². The molecular formula is C17H21N5O3. The summed E-state index contributed by atoms with van der Waals surface area (Å²) in [5.74, 6) is 0.503. The molecule has 25 heavy (non-hydrogen) atoms. The number of carbonyl (C=O) groups is 2. The lowest BCUT2D eigenvalue weighted by Crippen LogP contribution is -2.17. The minimum absolute atomic E-state index is 0.179. The predicted octanol–water partition coefficient (Wildman–Crippen LogP) is 2.05. The molecule has 0 fully saturated rings. The average Bonchev–Trinajstić information content (AvgIpc) is 2.54. The number of methoxy groups -OCH3 is 1. The Hall–Kier alpha value is -3.00. The molecule has 0 aliphatic carbocycles. The van der Waals surface area contributed by atoms with E-state index in [1.807, 2.05) is 0 Å². The third-order valence-corrected chi connectivity index (χ3v) is 3.12. The lowest BCUT2D eigenvalue weighted by atomic mass is 10.2. The summed E-state index contributed by atoms with van der Waals surface area (Å²) < 4.78 is 4.97. The van der Waals surface area contributed by atoms with Crippen LogP contribution in [0.4, 0.5) is 17.2 Å². The molecule has 1 heterocycles. The van der Waals surface area contributed by atoms with Gasteiger partial charge < -0.3 is 20.7 Å². The summed E-state index contributed by atoms with van der Waals surface area (Å²) in [6.45, 7) is 4.25. The van der Waals surface area contributed by atoms with Crippen LogP contribution in [0, 0.1) is 6.92 Å². The first-order valence-electron chi connectivity index (χ1n) is 7.75. The first-order chi connectivity index (χ1) is 12.0. The molecule has 2 amide bonds. The van der Waals surface area contributed by atoms with Gasteiger partial charge in [0.1, 0.15) is 17.3 Å². The molecule has 0 bridgehead atoms. The van der Waals surface area contributed by atoms with E-state index >= 15 is 0 Å². The molecule has 0 spiro atoms. The van der Waals surface area contributed by atoms with Crippen molar-refractivity contribution in [2.24, 2.45) is 0 Å². The van der Waals surface area contributed by atoms with Crippen molar-refractivity contribution in [3.05, 3.63) is 41.9 Å². The Kier molecular flexibility index (Phi) is 6.41. The summed E-state index contributed by atoms with van der Waals surface area (Å²) in [4.78, 5) is 32.0. The van der Waals surface area contributed by atoms with Crippen molar-refractivity contribution in [1.82, 2.24) is 9.97 Å². The Bertz CT molecular complexity index is 764. The van der Waals surface area contributed by atoms with E-state index in [0.29, 0.717) is 36.2 Å². The van der Waals surface area contributed by atoms with Gasteiger partial charge in [-0.25, -0.2) is 9.97 Å². The van der Waals surface area contributed by atoms with Gasteiger partial charge in [-0.15, -0.1) is 0 Å². The van der Waals surface area contributed by atoms with Gasteiger partial charge in [-0.3, -0.25) is 9.59 Å². The Balaban J connectivity index is 2.11. The third kappa shape index (κ3) is 5.85. The van der Waals surface area contributed by atoms with Crippen LogP contribution < -0.4 is 16.0 Å². The first-order valence-corrected chi connectivity index (χ1v) is 7.75. The van der Waals surface area contributed by atoms with E-state index in [-0.39, 0.29) is 17.5 Å². The fourth-order valence-corrected chi connectivity index (χ4v) is 2.13. The van der Waals surface area contributed by atoms with Gasteiger partial charge >= 0.3 is 0 Å². The molecule has 0 aliphatic rings. The van der Waals surface area contributed by atoms with Crippen LogP contribution >= 0.6 is 0 Å². The molecule has 0 unspecified atom stereocenters. The van der Waals surface area contributed by atoms with Crippen molar-refractivity contribution in [1.29, 1.82) is 0 Å². The van der Waals surface area contributed by atoms with Gasteiger partial charge in [-0.2, -0.15) is 0 Å². The number of benzene rings is 1. The summed E-state index contributed by atoms with van der Waals surface area (Å²) in [5, 5.41) is 8.50. The Morgan fingerprint density at radius 3 is 2.52 bits per heavy atom. The Labute approximate surface area is 146 Å². The molecule has 132 valence electrons. The molecular weight excluding hydrogens is 322 g/mol. The maximum absolute atomic E-state index is 12.4. The average molecular weight is 343 g/mol. The van der Waals surface area contributed by atoms with Crippen molar-refractivity contribution < 1.29 is 14.3 Å². The number of nitrogens with zero attached hydrogens (tertiary/aromatic N) is 2. The number of carbonyl (C=O) groups excluding carboxylic acids is 2. The van der Waals surface area contributed by atoms with Crippen molar-refractivity contribution in [3.8, 4) is 0 Å². The van der Waals surface area contributed by atoms with Gasteiger partial charge in [0, 0.05) is 38.0 Å². The molecule has 1 aromatic heterocycles. The van der Waals surface area contributed by atoms with Crippen LogP contribution in [0.1, 0.15) is 23.2 Å². The highest BCUT2D eigenvalue weighted by molar-refractivity contribution is 6.03. The van der Waals surface area contributed by atoms with E-state index in [1.54, 1.807) is 44.4 Å². The van der Waals surface area contributed by atoms with Gasteiger partial charge in [0.2, 0.25) is 5.91 Å². The number of ether oxygens (including phenoxy) is 1. The molecule has 0 aliphatic heterocycles. The minimum Gasteiger partial charge on any atom is -0.383 e. The standard InChI is InChI=1S/C17H21N5O3/c1-11-19-15(10-16(20-11)18-7-8-25-3)17(24)22-14-6-4-5-13(9-14)21-12(2)23/h4-6,9-10H,7-8H2,1-3H3,(H,21,23)(H,22,24)(H,18,19,20). The zero-order valence-corrected chi connectivity index (χ0v) is 14.4. The second-order valence-electron chi connectivity index (χ2n) is 5.32. The Morgan fingerprint density at radius 2 is 1.84 bits per heavy atom. The van der Waals surface area contributed by atoms with Crippen LogP contribution in [-0.4, -0.2) is 42.0 Å². The summed E-state index contributed by atoms with van der Waals surface area (Å²) in [6, 6.07) is 8.46. The number of nitrogens with one attached hydrogen (secondary N) is 3. The molecule has 0 radical (unpaired) electrons. The van der Waals surface area contributed by atoms with Crippen LogP contribution in [0.25, 0.3) is 0 Å². The van der Waals surface area contributed by atoms with Crippen molar-refractivity contribution in [2.75, 3.05) is 36.2 Å². The lowest BCUT2D eigenvalue weighted by Gasteiger charge is -2.10. The highest BCUT2D eigenvalue weighted by Crippen LogP contribution is 2.16. The van der Waals surface area contributed by atoms with E-state index in [9.17, 15) is 9.59 Å². The smallest absolute Gasteiger partial charge is 0.274 e. The maximum atomic E-state index is 12.4. The van der Waals surface area contributed by atoms with Crippen LogP contribution in [0.2, 0.25) is 0 Å². The second-order valence-corrected chi connectivity index (χ2v) is 5.32. The fraction of sp³-hybridized carbons (Fsp3) is 0.294. The number of rotatable bonds is 7. The van der Waals surface area contributed by atoms with Gasteiger partial charge in [-0.05, 0) is 25.1 Å². The Morgan fingerprint density at radius 1 is 1.12 bits per heavy atom. The quantitative estimate of drug-likeness (QED) is 0.665. The monoisotopic (exact) mass is 343 g/mol. The summed E-state index contributed by atoms with van der Waals surface area (Å²) >= 11 is 0. The summed E-state index contributed by atoms with van der Waals surface area (Å²) in [7, 11) is 1.61. The number of hydrogen-bond acceptors (Lipinski definition) is 6. The highest BCUT2D eigenvalue weighted by Gasteiger charge is 2.11. The molecule has 3 N–H and O–H groups in total. The zero-order chi connectivity index (χ0) is 18.2. The molecule has 8 heteroatoms. The SMILES string of the molecule is COCCNc1cc(C(=O)Nc2cccc(NC(C)=O)c2)nc(C)n1. The first kappa shape index (κ1) is 18.3. The third-order valence-electron chi connectivity index (χ3n) is 3.12. The molecule has 0 saturated carbocycles. The number of aromatic nitrogens is 2. The topological polar surface area (TPSA) is 105 Å². The van der Waals surface area contributed by atoms with E-state index in [1.165, 1.54) is 6.92 Å². The van der Waals surface area contributed by atoms with Crippen LogP contribution in [-0.2, 0) is 9.53 Å². The van der Waals surface area contributed by atoms with Crippen LogP contribution in [0.15, 0.2) is 30.3 Å². The van der Waals surface area contributed by atoms with Gasteiger partial charge in [0.05, 0.1) is 6.61 Å². The van der Waals surface area contributed by atoms with Gasteiger partial charge in [0.15, 0.2) is 0 Å². The van der Waals surface area contributed by atoms with Crippen molar-refractivity contribution >= 4 is 29.0 Å². The minimum atomic E-state index is -0.361. The normalized spacial score (nSPS) is 10.2. The van der Waals surface area contributed by atoms with E-state index in [2.05, 4.69) is 25.9 Å². The molecule has 1 aromatic carbocycles. The predicted molar refractivity (Wildman–Crippen MR) is 95.8 cm³/mol. The summed E-state index contributed by atoms with van der Waals surface area (Å²) in [5.41, 5.74) is 1.41. The van der Waals surface area contributed by atoms with Crippen molar-refractivity contribution in [3.63, 3.8) is 0 Å².